The molecule has 0 aliphatic carbocycles. The van der Waals surface area contributed by atoms with Crippen LogP contribution in [-0.4, -0.2) is 35.1 Å². The molecule has 0 aliphatic heterocycles. The molecule has 7 nitrogen and oxygen atoms in total. The van der Waals surface area contributed by atoms with Crippen molar-refractivity contribution in [2.75, 3.05) is 30.4 Å². The van der Waals surface area contributed by atoms with E-state index in [1.165, 1.54) is 32.4 Å². The molecule has 0 heterocycles. The normalized spacial score (nSPS) is 11.1. The minimum Gasteiger partial charge on any atom is -0.497 e. The number of hydrogen-bond donors (Lipinski definition) is 1. The van der Waals surface area contributed by atoms with E-state index in [0.717, 1.165) is 21.0 Å². The zero-order chi connectivity index (χ0) is 24.2. The lowest BCUT2D eigenvalue weighted by molar-refractivity contribution is -0.114. The number of anilines is 2. The maximum atomic E-state index is 13.7. The standard InChI is InChI=1S/C25H28N2O5S/c1-17-9-12-21(13-10-17)33(29,30)27(22-15-20(31-4)11-14-23(22)32-5)16-24(28)26-25-18(2)7-6-8-19(25)3/h6-15H,16H2,1-5H3,(H,26,28). The van der Waals surface area contributed by atoms with Gasteiger partial charge in [-0.2, -0.15) is 0 Å². The molecule has 1 amide bonds. The summed E-state index contributed by atoms with van der Waals surface area (Å²) in [4.78, 5) is 13.2. The van der Waals surface area contributed by atoms with Gasteiger partial charge in [-0.15, -0.1) is 0 Å². The van der Waals surface area contributed by atoms with Crippen LogP contribution in [0.25, 0.3) is 0 Å². The first-order chi connectivity index (χ1) is 15.7. The Bertz CT molecular complexity index is 1230. The molecule has 33 heavy (non-hydrogen) atoms. The molecule has 0 atom stereocenters. The lowest BCUT2D eigenvalue weighted by Crippen LogP contribution is -2.38. The van der Waals surface area contributed by atoms with Crippen molar-refractivity contribution in [1.82, 2.24) is 0 Å². The predicted molar refractivity (Wildman–Crippen MR) is 130 cm³/mol. The predicted octanol–water partition coefficient (Wildman–Crippen LogP) is 4.46. The van der Waals surface area contributed by atoms with Crippen molar-refractivity contribution in [2.45, 2.75) is 25.7 Å². The van der Waals surface area contributed by atoms with Crippen molar-refractivity contribution in [1.29, 1.82) is 0 Å². The Balaban J connectivity index is 2.08. The van der Waals surface area contributed by atoms with Crippen molar-refractivity contribution >= 4 is 27.3 Å². The Morgan fingerprint density at radius 3 is 2.12 bits per heavy atom. The van der Waals surface area contributed by atoms with Crippen LogP contribution in [0.2, 0.25) is 0 Å². The van der Waals surface area contributed by atoms with Gasteiger partial charge in [0, 0.05) is 11.8 Å². The zero-order valence-corrected chi connectivity index (χ0v) is 20.2. The minimum absolute atomic E-state index is 0.0674. The highest BCUT2D eigenvalue weighted by Gasteiger charge is 2.30. The van der Waals surface area contributed by atoms with Crippen LogP contribution in [0.4, 0.5) is 11.4 Å². The third-order valence-electron chi connectivity index (χ3n) is 5.30. The van der Waals surface area contributed by atoms with E-state index in [1.807, 2.05) is 39.0 Å². The van der Waals surface area contributed by atoms with E-state index in [-0.39, 0.29) is 10.6 Å². The summed E-state index contributed by atoms with van der Waals surface area (Å²) >= 11 is 0. The van der Waals surface area contributed by atoms with Crippen molar-refractivity contribution in [3.63, 3.8) is 0 Å². The monoisotopic (exact) mass is 468 g/mol. The number of carbonyl (C=O) groups is 1. The lowest BCUT2D eigenvalue weighted by Gasteiger charge is -2.26. The van der Waals surface area contributed by atoms with Crippen LogP contribution in [0.1, 0.15) is 16.7 Å². The number of hydrogen-bond acceptors (Lipinski definition) is 5. The van der Waals surface area contributed by atoms with E-state index in [2.05, 4.69) is 5.32 Å². The molecule has 1 N–H and O–H groups in total. The van der Waals surface area contributed by atoms with Crippen molar-refractivity contribution < 1.29 is 22.7 Å². The molecular formula is C25H28N2O5S. The van der Waals surface area contributed by atoms with Crippen molar-refractivity contribution in [3.8, 4) is 11.5 Å². The summed E-state index contributed by atoms with van der Waals surface area (Å²) in [5.41, 5.74) is 3.56. The van der Waals surface area contributed by atoms with Gasteiger partial charge in [0.05, 0.1) is 24.8 Å². The van der Waals surface area contributed by atoms with Crippen LogP contribution in [0.15, 0.2) is 65.6 Å². The van der Waals surface area contributed by atoms with Crippen LogP contribution < -0.4 is 19.1 Å². The van der Waals surface area contributed by atoms with Gasteiger partial charge in [0.1, 0.15) is 18.0 Å². The number of nitrogens with zero attached hydrogens (tertiary/aromatic N) is 1. The number of carbonyl (C=O) groups excluding carboxylic acids is 1. The third kappa shape index (κ3) is 5.28. The summed E-state index contributed by atoms with van der Waals surface area (Å²) in [5, 5.41) is 2.86. The topological polar surface area (TPSA) is 84.9 Å². The van der Waals surface area contributed by atoms with Gasteiger partial charge in [-0.25, -0.2) is 8.42 Å². The molecule has 0 radical (unpaired) electrons. The summed E-state index contributed by atoms with van der Waals surface area (Å²) in [6.07, 6.45) is 0. The average molecular weight is 469 g/mol. The van der Waals surface area contributed by atoms with Crippen molar-refractivity contribution in [2.24, 2.45) is 0 Å². The van der Waals surface area contributed by atoms with Crippen LogP contribution in [0.3, 0.4) is 0 Å². The van der Waals surface area contributed by atoms with Crippen LogP contribution in [0.5, 0.6) is 11.5 Å². The number of methoxy groups -OCH3 is 2. The Hall–Kier alpha value is -3.52. The molecule has 3 aromatic carbocycles. The third-order valence-corrected chi connectivity index (χ3v) is 7.07. The van der Waals surface area contributed by atoms with E-state index in [4.69, 9.17) is 9.47 Å². The molecule has 174 valence electrons. The maximum absolute atomic E-state index is 13.7. The molecule has 8 heteroatoms. The molecule has 3 rings (SSSR count). The summed E-state index contributed by atoms with van der Waals surface area (Å²) < 4.78 is 39.1. The molecule has 3 aromatic rings. The Kier molecular flexibility index (Phi) is 7.28. The Morgan fingerprint density at radius 1 is 0.909 bits per heavy atom. The minimum atomic E-state index is -4.10. The van der Waals surface area contributed by atoms with Gasteiger partial charge in [-0.3, -0.25) is 9.10 Å². The Labute approximate surface area is 195 Å². The SMILES string of the molecule is COc1ccc(OC)c(N(CC(=O)Nc2c(C)cccc2C)S(=O)(=O)c2ccc(C)cc2)c1. The van der Waals surface area contributed by atoms with E-state index < -0.39 is 22.5 Å². The first-order valence-electron chi connectivity index (χ1n) is 10.3. The first kappa shape index (κ1) is 24.1. The van der Waals surface area contributed by atoms with Crippen LogP contribution >= 0.6 is 0 Å². The fourth-order valence-electron chi connectivity index (χ4n) is 3.45. The molecular weight excluding hydrogens is 440 g/mol. The second kappa shape index (κ2) is 9.95. The quantitative estimate of drug-likeness (QED) is 0.528. The van der Waals surface area contributed by atoms with E-state index in [9.17, 15) is 13.2 Å². The molecule has 0 bridgehead atoms. The number of nitrogens with one attached hydrogen (secondary N) is 1. The van der Waals surface area contributed by atoms with Crippen molar-refractivity contribution in [3.05, 3.63) is 77.4 Å². The van der Waals surface area contributed by atoms with Gasteiger partial charge in [0.25, 0.3) is 10.0 Å². The van der Waals surface area contributed by atoms with Crippen LogP contribution in [0, 0.1) is 20.8 Å². The highest BCUT2D eigenvalue weighted by atomic mass is 32.2. The number of aryl methyl sites for hydroxylation is 3. The summed E-state index contributed by atoms with van der Waals surface area (Å²) in [7, 11) is -1.17. The zero-order valence-electron chi connectivity index (χ0n) is 19.4. The largest absolute Gasteiger partial charge is 0.497 e. The number of ether oxygens (including phenoxy) is 2. The molecule has 0 aliphatic rings. The van der Waals surface area contributed by atoms with Gasteiger partial charge >= 0.3 is 0 Å². The molecule has 0 fully saturated rings. The highest BCUT2D eigenvalue weighted by molar-refractivity contribution is 7.92. The smallest absolute Gasteiger partial charge is 0.264 e. The second-order valence-corrected chi connectivity index (χ2v) is 9.54. The maximum Gasteiger partial charge on any atom is 0.264 e. The number of para-hydroxylation sites is 1. The first-order valence-corrected chi connectivity index (χ1v) is 11.8. The number of sulfonamides is 1. The average Bonchev–Trinajstić information content (AvgIpc) is 2.79. The van der Waals surface area contributed by atoms with Gasteiger partial charge in [-0.1, -0.05) is 35.9 Å². The molecule has 0 spiro atoms. The fourth-order valence-corrected chi connectivity index (χ4v) is 4.87. The number of rotatable bonds is 8. The lowest BCUT2D eigenvalue weighted by atomic mass is 10.1. The summed E-state index contributed by atoms with van der Waals surface area (Å²) in [6.45, 7) is 5.19. The van der Waals surface area contributed by atoms with Gasteiger partial charge in [-0.05, 0) is 56.2 Å². The molecule has 0 saturated carbocycles. The second-order valence-electron chi connectivity index (χ2n) is 7.68. The highest BCUT2D eigenvalue weighted by Crippen LogP contribution is 2.35. The Morgan fingerprint density at radius 2 is 1.55 bits per heavy atom. The van der Waals surface area contributed by atoms with Gasteiger partial charge < -0.3 is 14.8 Å². The van der Waals surface area contributed by atoms with E-state index >= 15 is 0 Å². The summed E-state index contributed by atoms with van der Waals surface area (Å²) in [6, 6.07) is 16.9. The van der Waals surface area contributed by atoms with E-state index in [0.29, 0.717) is 17.2 Å². The summed E-state index contributed by atoms with van der Waals surface area (Å²) in [5.74, 6) is 0.254. The number of benzene rings is 3. The molecule has 0 aromatic heterocycles. The molecule has 0 unspecified atom stereocenters. The molecule has 0 saturated heterocycles. The van der Waals surface area contributed by atoms with Gasteiger partial charge in [0.2, 0.25) is 5.91 Å². The van der Waals surface area contributed by atoms with Gasteiger partial charge in [0.15, 0.2) is 0 Å². The van der Waals surface area contributed by atoms with E-state index in [1.54, 1.807) is 24.3 Å². The number of amides is 1. The fraction of sp³-hybridized carbons (Fsp3) is 0.240. The van der Waals surface area contributed by atoms with Crippen LogP contribution in [-0.2, 0) is 14.8 Å².